The highest BCUT2D eigenvalue weighted by molar-refractivity contribution is 7.14. The second-order valence-electron chi connectivity index (χ2n) is 5.28. The Morgan fingerprint density at radius 2 is 1.91 bits per heavy atom. The van der Waals surface area contributed by atoms with Gasteiger partial charge in [-0.05, 0) is 44.0 Å². The molecule has 6 heteroatoms. The topological polar surface area (TPSA) is 67.8 Å². The molecule has 0 aliphatic heterocycles. The lowest BCUT2D eigenvalue weighted by Gasteiger charge is -2.03. The fraction of sp³-hybridized carbons (Fsp3) is 0.176. The first kappa shape index (κ1) is 15.3. The molecule has 0 atom stereocenters. The zero-order chi connectivity index (χ0) is 16.4. The van der Waals surface area contributed by atoms with Gasteiger partial charge in [-0.2, -0.15) is 0 Å². The average molecular weight is 324 g/mol. The lowest BCUT2D eigenvalue weighted by atomic mass is 10.1. The monoisotopic (exact) mass is 324 g/mol. The van der Waals surface area contributed by atoms with E-state index in [1.165, 1.54) is 22.5 Å². The van der Waals surface area contributed by atoms with Crippen LogP contribution >= 0.6 is 11.3 Å². The maximum absolute atomic E-state index is 12.2. The maximum atomic E-state index is 12.2. The van der Waals surface area contributed by atoms with Crippen molar-refractivity contribution < 1.29 is 4.79 Å². The minimum Gasteiger partial charge on any atom is -0.296 e. The van der Waals surface area contributed by atoms with Gasteiger partial charge >= 0.3 is 0 Å². The highest BCUT2D eigenvalue weighted by Crippen LogP contribution is 2.26. The van der Waals surface area contributed by atoms with Crippen LogP contribution in [0.3, 0.4) is 0 Å². The summed E-state index contributed by atoms with van der Waals surface area (Å²) in [6.45, 7) is 5.90. The summed E-state index contributed by atoms with van der Waals surface area (Å²) in [5, 5.41) is 5.27. The minimum absolute atomic E-state index is 0.281. The van der Waals surface area contributed by atoms with Crippen molar-refractivity contribution in [3.05, 3.63) is 58.5 Å². The molecule has 0 fully saturated rings. The lowest BCUT2D eigenvalue weighted by Crippen LogP contribution is -2.14. The fourth-order valence-electron chi connectivity index (χ4n) is 2.11. The van der Waals surface area contributed by atoms with Crippen LogP contribution in [0, 0.1) is 20.8 Å². The number of carbonyl (C=O) groups is 1. The maximum Gasteiger partial charge on any atom is 0.276 e. The summed E-state index contributed by atoms with van der Waals surface area (Å²) in [4.78, 5) is 24.8. The van der Waals surface area contributed by atoms with Gasteiger partial charge < -0.3 is 0 Å². The van der Waals surface area contributed by atoms with Crippen molar-refractivity contribution in [1.82, 2.24) is 15.0 Å². The molecule has 0 saturated carbocycles. The van der Waals surface area contributed by atoms with E-state index < -0.39 is 0 Å². The molecule has 2 heterocycles. The van der Waals surface area contributed by atoms with E-state index in [4.69, 9.17) is 0 Å². The molecule has 2 aromatic heterocycles. The van der Waals surface area contributed by atoms with Crippen LogP contribution in [0.25, 0.3) is 11.3 Å². The predicted molar refractivity (Wildman–Crippen MR) is 91.7 cm³/mol. The van der Waals surface area contributed by atoms with E-state index in [2.05, 4.69) is 46.2 Å². The zero-order valence-corrected chi connectivity index (χ0v) is 13.9. The van der Waals surface area contributed by atoms with E-state index in [1.807, 2.05) is 11.4 Å². The van der Waals surface area contributed by atoms with Crippen molar-refractivity contribution in [1.29, 1.82) is 0 Å². The van der Waals surface area contributed by atoms with Crippen molar-refractivity contribution in [2.45, 2.75) is 20.8 Å². The predicted octanol–water partition coefficient (Wildman–Crippen LogP) is 3.78. The van der Waals surface area contributed by atoms with Crippen molar-refractivity contribution in [3.8, 4) is 11.3 Å². The number of hydrogen-bond donors (Lipinski definition) is 1. The largest absolute Gasteiger partial charge is 0.296 e. The SMILES string of the molecule is Cc1nccc(C(=O)Nc2nc(-c3ccc(C)c(C)c3)cs2)n1. The zero-order valence-electron chi connectivity index (χ0n) is 13.1. The average Bonchev–Trinajstić information content (AvgIpc) is 2.98. The highest BCUT2D eigenvalue weighted by Gasteiger charge is 2.11. The summed E-state index contributed by atoms with van der Waals surface area (Å²) in [5.74, 6) is 0.282. The third kappa shape index (κ3) is 3.43. The molecule has 0 saturated heterocycles. The first-order valence-electron chi connectivity index (χ1n) is 7.17. The Morgan fingerprint density at radius 3 is 2.65 bits per heavy atom. The Kier molecular flexibility index (Phi) is 4.16. The van der Waals surface area contributed by atoms with Gasteiger partial charge in [0.05, 0.1) is 5.69 Å². The second kappa shape index (κ2) is 6.26. The summed E-state index contributed by atoms with van der Waals surface area (Å²) < 4.78 is 0. The molecule has 116 valence electrons. The number of anilines is 1. The number of carbonyl (C=O) groups excluding carboxylic acids is 1. The molecule has 0 spiro atoms. The van der Waals surface area contributed by atoms with Gasteiger partial charge in [0.25, 0.3) is 5.91 Å². The summed E-state index contributed by atoms with van der Waals surface area (Å²) in [5.41, 5.74) is 4.70. The molecule has 3 aromatic rings. The number of aromatic nitrogens is 3. The van der Waals surface area contributed by atoms with Gasteiger partial charge in [-0.25, -0.2) is 15.0 Å². The third-order valence-electron chi connectivity index (χ3n) is 3.54. The summed E-state index contributed by atoms with van der Waals surface area (Å²) in [6, 6.07) is 7.80. The minimum atomic E-state index is -0.281. The van der Waals surface area contributed by atoms with Crippen molar-refractivity contribution in [2.75, 3.05) is 5.32 Å². The molecule has 0 unspecified atom stereocenters. The Morgan fingerprint density at radius 1 is 1.09 bits per heavy atom. The molecule has 1 amide bonds. The van der Waals surface area contributed by atoms with Gasteiger partial charge in [-0.15, -0.1) is 11.3 Å². The molecular weight excluding hydrogens is 308 g/mol. The molecule has 1 aromatic carbocycles. The summed E-state index contributed by atoms with van der Waals surface area (Å²) >= 11 is 1.40. The number of thiazole rings is 1. The first-order chi connectivity index (χ1) is 11.0. The normalized spacial score (nSPS) is 10.6. The summed E-state index contributed by atoms with van der Waals surface area (Å²) in [7, 11) is 0. The number of amides is 1. The van der Waals surface area contributed by atoms with E-state index in [1.54, 1.807) is 19.2 Å². The number of hydrogen-bond acceptors (Lipinski definition) is 5. The van der Waals surface area contributed by atoms with E-state index in [0.29, 0.717) is 16.6 Å². The third-order valence-corrected chi connectivity index (χ3v) is 4.29. The van der Waals surface area contributed by atoms with Crippen LogP contribution in [0.4, 0.5) is 5.13 Å². The molecule has 0 aliphatic rings. The molecular formula is C17H16N4OS. The van der Waals surface area contributed by atoms with Crippen LogP contribution in [-0.2, 0) is 0 Å². The van der Waals surface area contributed by atoms with Gasteiger partial charge in [0.15, 0.2) is 5.13 Å². The molecule has 5 nitrogen and oxygen atoms in total. The van der Waals surface area contributed by atoms with Crippen LogP contribution < -0.4 is 5.32 Å². The smallest absolute Gasteiger partial charge is 0.276 e. The van der Waals surface area contributed by atoms with Crippen molar-refractivity contribution in [3.63, 3.8) is 0 Å². The molecule has 3 rings (SSSR count). The number of nitrogens with one attached hydrogen (secondary N) is 1. The number of aryl methyl sites for hydroxylation is 3. The van der Waals surface area contributed by atoms with Crippen LogP contribution in [0.15, 0.2) is 35.8 Å². The van der Waals surface area contributed by atoms with Crippen LogP contribution in [0.2, 0.25) is 0 Å². The number of rotatable bonds is 3. The standard InChI is InChI=1S/C17H16N4OS/c1-10-4-5-13(8-11(10)2)15-9-23-17(20-15)21-16(22)14-6-7-18-12(3)19-14/h4-9H,1-3H3,(H,20,21,22). The van der Waals surface area contributed by atoms with Gasteiger partial charge in [0, 0.05) is 17.1 Å². The molecule has 1 N–H and O–H groups in total. The van der Waals surface area contributed by atoms with Crippen molar-refractivity contribution >= 4 is 22.4 Å². The van der Waals surface area contributed by atoms with E-state index in [9.17, 15) is 4.79 Å². The Balaban J connectivity index is 1.79. The lowest BCUT2D eigenvalue weighted by molar-refractivity contribution is 0.102. The molecule has 23 heavy (non-hydrogen) atoms. The van der Waals surface area contributed by atoms with Gasteiger partial charge in [0.1, 0.15) is 11.5 Å². The molecule has 0 bridgehead atoms. The van der Waals surface area contributed by atoms with E-state index >= 15 is 0 Å². The van der Waals surface area contributed by atoms with Crippen LogP contribution in [0.5, 0.6) is 0 Å². The number of benzene rings is 1. The van der Waals surface area contributed by atoms with Gasteiger partial charge in [-0.1, -0.05) is 12.1 Å². The van der Waals surface area contributed by atoms with E-state index in [0.717, 1.165) is 11.3 Å². The van der Waals surface area contributed by atoms with Crippen LogP contribution in [0.1, 0.15) is 27.4 Å². The van der Waals surface area contributed by atoms with Crippen molar-refractivity contribution in [2.24, 2.45) is 0 Å². The molecule has 0 aliphatic carbocycles. The number of nitrogens with zero attached hydrogens (tertiary/aromatic N) is 3. The Bertz CT molecular complexity index is 873. The van der Waals surface area contributed by atoms with Crippen LogP contribution in [-0.4, -0.2) is 20.9 Å². The quantitative estimate of drug-likeness (QED) is 0.796. The van der Waals surface area contributed by atoms with Gasteiger partial charge in [-0.3, -0.25) is 10.1 Å². The van der Waals surface area contributed by atoms with E-state index in [-0.39, 0.29) is 5.91 Å². The Hall–Kier alpha value is -2.60. The second-order valence-corrected chi connectivity index (χ2v) is 6.14. The fourth-order valence-corrected chi connectivity index (χ4v) is 2.82. The molecule has 0 radical (unpaired) electrons. The first-order valence-corrected chi connectivity index (χ1v) is 8.05. The van der Waals surface area contributed by atoms with Gasteiger partial charge in [0.2, 0.25) is 0 Å². The highest BCUT2D eigenvalue weighted by atomic mass is 32.1. The summed E-state index contributed by atoms with van der Waals surface area (Å²) in [6.07, 6.45) is 1.57. The Labute approximate surface area is 138 Å².